The quantitative estimate of drug-likeness (QED) is 0.835. The van der Waals surface area contributed by atoms with E-state index in [4.69, 9.17) is 0 Å². The summed E-state index contributed by atoms with van der Waals surface area (Å²) in [6.07, 6.45) is 1.02. The van der Waals surface area contributed by atoms with Gasteiger partial charge in [-0.05, 0) is 36.6 Å². The van der Waals surface area contributed by atoms with E-state index in [1.165, 1.54) is 5.56 Å². The van der Waals surface area contributed by atoms with E-state index in [1.807, 2.05) is 13.0 Å². The van der Waals surface area contributed by atoms with Crippen LogP contribution in [0.3, 0.4) is 0 Å². The van der Waals surface area contributed by atoms with Gasteiger partial charge in [0.15, 0.2) is 0 Å². The molecule has 16 heavy (non-hydrogen) atoms. The molecule has 1 aromatic rings. The zero-order valence-corrected chi connectivity index (χ0v) is 9.80. The van der Waals surface area contributed by atoms with E-state index in [-0.39, 0.29) is 5.82 Å². The van der Waals surface area contributed by atoms with Gasteiger partial charge in [-0.25, -0.2) is 4.39 Å². The van der Waals surface area contributed by atoms with Crippen LogP contribution in [0.1, 0.15) is 11.1 Å². The molecule has 1 aliphatic rings. The van der Waals surface area contributed by atoms with Crippen LogP contribution in [0.25, 0.3) is 0 Å². The highest BCUT2D eigenvalue weighted by atomic mass is 19.1. The van der Waals surface area contributed by atoms with E-state index in [1.54, 1.807) is 12.1 Å². The molecule has 0 atom stereocenters. The Labute approximate surface area is 96.5 Å². The van der Waals surface area contributed by atoms with Crippen molar-refractivity contribution in [1.29, 1.82) is 0 Å². The molecule has 1 saturated heterocycles. The third kappa shape index (κ3) is 3.03. The molecule has 0 bridgehead atoms. The number of halogens is 1. The van der Waals surface area contributed by atoms with Crippen molar-refractivity contribution in [3.05, 3.63) is 35.1 Å². The zero-order chi connectivity index (χ0) is 11.4. The van der Waals surface area contributed by atoms with Crippen molar-refractivity contribution in [3.63, 3.8) is 0 Å². The molecule has 2 rings (SSSR count). The van der Waals surface area contributed by atoms with Crippen molar-refractivity contribution in [2.75, 3.05) is 32.7 Å². The molecule has 1 heterocycles. The lowest BCUT2D eigenvalue weighted by Crippen LogP contribution is -2.44. The summed E-state index contributed by atoms with van der Waals surface area (Å²) in [6.45, 7) is 7.48. The summed E-state index contributed by atoms with van der Waals surface area (Å²) in [6, 6.07) is 5.08. The molecule has 0 unspecified atom stereocenters. The average Bonchev–Trinajstić information content (AvgIpc) is 2.29. The molecule has 1 fully saturated rings. The smallest absolute Gasteiger partial charge is 0.123 e. The van der Waals surface area contributed by atoms with Gasteiger partial charge in [0.05, 0.1) is 0 Å². The number of rotatable bonds is 3. The van der Waals surface area contributed by atoms with Crippen molar-refractivity contribution >= 4 is 0 Å². The van der Waals surface area contributed by atoms with Crippen molar-refractivity contribution < 1.29 is 4.39 Å². The van der Waals surface area contributed by atoms with Crippen molar-refractivity contribution in [3.8, 4) is 0 Å². The fraction of sp³-hybridized carbons (Fsp3) is 0.538. The van der Waals surface area contributed by atoms with Gasteiger partial charge in [0.1, 0.15) is 5.82 Å². The highest BCUT2D eigenvalue weighted by Gasteiger charge is 2.09. The van der Waals surface area contributed by atoms with E-state index in [9.17, 15) is 4.39 Å². The maximum atomic E-state index is 12.9. The second-order valence-corrected chi connectivity index (χ2v) is 4.41. The molecular weight excluding hydrogens is 203 g/mol. The van der Waals surface area contributed by atoms with Crippen molar-refractivity contribution in [1.82, 2.24) is 10.2 Å². The average molecular weight is 222 g/mol. The Morgan fingerprint density at radius 1 is 1.31 bits per heavy atom. The van der Waals surface area contributed by atoms with E-state index >= 15 is 0 Å². The van der Waals surface area contributed by atoms with Crippen LogP contribution in [-0.2, 0) is 6.42 Å². The second kappa shape index (κ2) is 5.41. The topological polar surface area (TPSA) is 15.3 Å². The maximum Gasteiger partial charge on any atom is 0.123 e. The summed E-state index contributed by atoms with van der Waals surface area (Å²) in [5.41, 5.74) is 2.33. The van der Waals surface area contributed by atoms with Crippen LogP contribution < -0.4 is 5.32 Å². The minimum absolute atomic E-state index is 0.136. The van der Waals surface area contributed by atoms with Gasteiger partial charge in [0, 0.05) is 32.7 Å². The maximum absolute atomic E-state index is 12.9. The Morgan fingerprint density at radius 2 is 2.06 bits per heavy atom. The Balaban J connectivity index is 1.88. The molecule has 0 amide bonds. The molecule has 0 aliphatic carbocycles. The van der Waals surface area contributed by atoms with Crippen LogP contribution in [-0.4, -0.2) is 37.6 Å². The number of benzene rings is 1. The Kier molecular flexibility index (Phi) is 3.91. The molecule has 0 saturated carbocycles. The minimum Gasteiger partial charge on any atom is -0.314 e. The van der Waals surface area contributed by atoms with E-state index in [0.717, 1.165) is 44.7 Å². The van der Waals surface area contributed by atoms with Gasteiger partial charge in [-0.2, -0.15) is 0 Å². The third-order valence-corrected chi connectivity index (χ3v) is 3.21. The highest BCUT2D eigenvalue weighted by molar-refractivity contribution is 5.26. The zero-order valence-electron chi connectivity index (χ0n) is 9.80. The number of hydrogen-bond donors (Lipinski definition) is 1. The van der Waals surface area contributed by atoms with E-state index < -0.39 is 0 Å². The van der Waals surface area contributed by atoms with Crippen LogP contribution in [0.5, 0.6) is 0 Å². The summed E-state index contributed by atoms with van der Waals surface area (Å²) in [5.74, 6) is -0.136. The molecule has 1 aliphatic heterocycles. The van der Waals surface area contributed by atoms with Gasteiger partial charge in [0.2, 0.25) is 0 Å². The first-order valence-electron chi connectivity index (χ1n) is 5.94. The Hall–Kier alpha value is -0.930. The second-order valence-electron chi connectivity index (χ2n) is 4.41. The predicted octanol–water partition coefficient (Wildman–Crippen LogP) is 1.58. The SMILES string of the molecule is Cc1cc(F)ccc1CCN1CCNCC1. The third-order valence-electron chi connectivity index (χ3n) is 3.21. The normalized spacial score (nSPS) is 17.6. The Bertz CT molecular complexity index is 346. The van der Waals surface area contributed by atoms with Gasteiger partial charge in [0.25, 0.3) is 0 Å². The minimum atomic E-state index is -0.136. The van der Waals surface area contributed by atoms with Crippen LogP contribution in [0.4, 0.5) is 4.39 Å². The molecular formula is C13H19FN2. The van der Waals surface area contributed by atoms with Gasteiger partial charge in [-0.1, -0.05) is 6.07 Å². The molecule has 1 aromatic carbocycles. The number of piperazine rings is 1. The molecule has 2 nitrogen and oxygen atoms in total. The molecule has 1 N–H and O–H groups in total. The lowest BCUT2D eigenvalue weighted by atomic mass is 10.1. The lowest BCUT2D eigenvalue weighted by molar-refractivity contribution is 0.244. The summed E-state index contributed by atoms with van der Waals surface area (Å²) in [7, 11) is 0. The number of hydrogen-bond acceptors (Lipinski definition) is 2. The first-order chi connectivity index (χ1) is 7.75. The van der Waals surface area contributed by atoms with Crippen molar-refractivity contribution in [2.24, 2.45) is 0 Å². The highest BCUT2D eigenvalue weighted by Crippen LogP contribution is 2.11. The first-order valence-corrected chi connectivity index (χ1v) is 5.94. The standard InChI is InChI=1S/C13H19FN2/c1-11-10-13(14)3-2-12(11)4-7-16-8-5-15-6-9-16/h2-3,10,15H,4-9H2,1H3. The summed E-state index contributed by atoms with van der Waals surface area (Å²) >= 11 is 0. The molecule has 88 valence electrons. The van der Waals surface area contributed by atoms with Crippen LogP contribution in [0.15, 0.2) is 18.2 Å². The first kappa shape index (κ1) is 11.6. The van der Waals surface area contributed by atoms with Gasteiger partial charge in [-0.3, -0.25) is 0 Å². The van der Waals surface area contributed by atoms with E-state index in [2.05, 4.69) is 10.2 Å². The molecule has 3 heteroatoms. The predicted molar refractivity (Wildman–Crippen MR) is 64.2 cm³/mol. The summed E-state index contributed by atoms with van der Waals surface area (Å²) in [5, 5.41) is 3.34. The lowest BCUT2D eigenvalue weighted by Gasteiger charge is -2.27. The fourth-order valence-electron chi connectivity index (χ4n) is 2.15. The van der Waals surface area contributed by atoms with Crippen molar-refractivity contribution in [2.45, 2.75) is 13.3 Å². The largest absolute Gasteiger partial charge is 0.314 e. The van der Waals surface area contributed by atoms with Crippen LogP contribution in [0.2, 0.25) is 0 Å². The van der Waals surface area contributed by atoms with Gasteiger partial charge >= 0.3 is 0 Å². The summed E-state index contributed by atoms with van der Waals surface area (Å²) < 4.78 is 12.9. The fourth-order valence-corrected chi connectivity index (χ4v) is 2.15. The van der Waals surface area contributed by atoms with Gasteiger partial charge < -0.3 is 10.2 Å². The van der Waals surface area contributed by atoms with Crippen LogP contribution in [0, 0.1) is 12.7 Å². The number of aryl methyl sites for hydroxylation is 1. The van der Waals surface area contributed by atoms with E-state index in [0.29, 0.717) is 0 Å². The number of nitrogens with zero attached hydrogens (tertiary/aromatic N) is 1. The molecule has 0 spiro atoms. The monoisotopic (exact) mass is 222 g/mol. The van der Waals surface area contributed by atoms with Crippen LogP contribution >= 0.6 is 0 Å². The molecule has 0 radical (unpaired) electrons. The number of nitrogens with one attached hydrogen (secondary N) is 1. The Morgan fingerprint density at radius 3 is 2.75 bits per heavy atom. The van der Waals surface area contributed by atoms with Gasteiger partial charge in [-0.15, -0.1) is 0 Å². The molecule has 0 aromatic heterocycles. The summed E-state index contributed by atoms with van der Waals surface area (Å²) in [4.78, 5) is 2.46.